The van der Waals surface area contributed by atoms with E-state index in [1.165, 1.54) is 0 Å². The molecule has 9 heteroatoms. The number of carbonyl (C=O) groups is 1. The van der Waals surface area contributed by atoms with Crippen molar-refractivity contribution in [1.82, 2.24) is 30.7 Å². The van der Waals surface area contributed by atoms with Crippen LogP contribution in [0.1, 0.15) is 38.8 Å². The maximum atomic E-state index is 11.5. The predicted octanol–water partition coefficient (Wildman–Crippen LogP) is 0.703. The summed E-state index contributed by atoms with van der Waals surface area (Å²) in [5, 5.41) is 17.2. The lowest BCUT2D eigenvalue weighted by atomic mass is 10.2. The van der Waals surface area contributed by atoms with Crippen LogP contribution < -0.4 is 16.0 Å². The molecule has 3 N–H and O–H groups in total. The highest BCUT2D eigenvalue weighted by Gasteiger charge is 2.15. The van der Waals surface area contributed by atoms with Crippen molar-refractivity contribution in [3.05, 3.63) is 11.6 Å². The largest absolute Gasteiger partial charge is 0.444 e. The molecule has 0 fully saturated rings. The predicted molar refractivity (Wildman–Crippen MR) is 92.8 cm³/mol. The number of alkyl carbamates (subject to hydrolysis) is 1. The summed E-state index contributed by atoms with van der Waals surface area (Å²) >= 11 is 0. The molecule has 136 valence electrons. The van der Waals surface area contributed by atoms with Gasteiger partial charge in [0, 0.05) is 27.2 Å². The van der Waals surface area contributed by atoms with Gasteiger partial charge in [-0.1, -0.05) is 0 Å². The van der Waals surface area contributed by atoms with Gasteiger partial charge >= 0.3 is 6.09 Å². The van der Waals surface area contributed by atoms with Crippen LogP contribution in [-0.4, -0.2) is 52.6 Å². The SMILES string of the molecule is CN=C(NCCCNC(=O)OC(C)(C)C)NCc1nnc(C)n1C. The second-order valence-electron chi connectivity index (χ2n) is 6.36. The Morgan fingerprint density at radius 1 is 1.21 bits per heavy atom. The fourth-order valence-corrected chi connectivity index (χ4v) is 1.79. The first kappa shape index (κ1) is 19.7. The standard InChI is InChI=1S/C15H29N7O2/c1-11-20-21-12(22(11)6)10-19-13(16-5)17-8-7-9-18-14(23)24-15(2,3)4/h7-10H2,1-6H3,(H,18,23)(H2,16,17,19). The van der Waals surface area contributed by atoms with Crippen LogP contribution >= 0.6 is 0 Å². The molecule has 24 heavy (non-hydrogen) atoms. The van der Waals surface area contributed by atoms with Crippen LogP contribution in [0, 0.1) is 6.92 Å². The number of aromatic nitrogens is 3. The molecule has 0 atom stereocenters. The third-order valence-corrected chi connectivity index (χ3v) is 3.13. The van der Waals surface area contributed by atoms with Crippen molar-refractivity contribution in [2.24, 2.45) is 12.0 Å². The quantitative estimate of drug-likeness (QED) is 0.400. The van der Waals surface area contributed by atoms with Gasteiger partial charge in [0.1, 0.15) is 11.4 Å². The number of carbonyl (C=O) groups excluding carboxylic acids is 1. The molecule has 1 aromatic rings. The number of amides is 1. The van der Waals surface area contributed by atoms with Gasteiger partial charge in [-0.3, -0.25) is 4.99 Å². The van der Waals surface area contributed by atoms with Crippen LogP contribution in [-0.2, 0) is 18.3 Å². The Bertz CT molecular complexity index is 561. The summed E-state index contributed by atoms with van der Waals surface area (Å²) in [6.07, 6.45) is 0.353. The lowest BCUT2D eigenvalue weighted by molar-refractivity contribution is 0.0527. The van der Waals surface area contributed by atoms with Gasteiger partial charge in [-0.15, -0.1) is 10.2 Å². The first-order valence-electron chi connectivity index (χ1n) is 7.99. The minimum atomic E-state index is -0.480. The van der Waals surface area contributed by atoms with E-state index in [1.54, 1.807) is 7.05 Å². The van der Waals surface area contributed by atoms with Gasteiger partial charge in [0.15, 0.2) is 11.8 Å². The van der Waals surface area contributed by atoms with Crippen molar-refractivity contribution in [1.29, 1.82) is 0 Å². The van der Waals surface area contributed by atoms with Crippen molar-refractivity contribution < 1.29 is 9.53 Å². The minimum Gasteiger partial charge on any atom is -0.444 e. The molecule has 0 spiro atoms. The molecule has 0 aliphatic heterocycles. The zero-order valence-corrected chi connectivity index (χ0v) is 15.4. The summed E-state index contributed by atoms with van der Waals surface area (Å²) in [4.78, 5) is 15.6. The number of ether oxygens (including phenoxy) is 1. The lowest BCUT2D eigenvalue weighted by Crippen LogP contribution is -2.39. The van der Waals surface area contributed by atoms with Crippen LogP contribution in [0.15, 0.2) is 4.99 Å². The average molecular weight is 339 g/mol. The monoisotopic (exact) mass is 339 g/mol. The zero-order chi connectivity index (χ0) is 18.2. The molecule has 0 aromatic carbocycles. The van der Waals surface area contributed by atoms with E-state index in [0.717, 1.165) is 18.1 Å². The fourth-order valence-electron chi connectivity index (χ4n) is 1.79. The molecule has 0 aliphatic carbocycles. The Morgan fingerprint density at radius 3 is 2.42 bits per heavy atom. The Kier molecular flexibility index (Phi) is 7.47. The molecular weight excluding hydrogens is 310 g/mol. The van der Waals surface area contributed by atoms with Gasteiger partial charge in [0.2, 0.25) is 0 Å². The van der Waals surface area contributed by atoms with Gasteiger partial charge in [0.05, 0.1) is 6.54 Å². The van der Waals surface area contributed by atoms with E-state index in [-0.39, 0.29) is 0 Å². The van der Waals surface area contributed by atoms with E-state index < -0.39 is 11.7 Å². The van der Waals surface area contributed by atoms with Gasteiger partial charge in [-0.2, -0.15) is 0 Å². The number of nitrogens with one attached hydrogen (secondary N) is 3. The minimum absolute atomic E-state index is 0.400. The Labute approximate surface area is 143 Å². The molecule has 1 heterocycles. The third kappa shape index (κ3) is 7.30. The van der Waals surface area contributed by atoms with Crippen molar-refractivity contribution in [3.63, 3.8) is 0 Å². The van der Waals surface area contributed by atoms with Crippen molar-refractivity contribution in [2.45, 2.75) is 46.3 Å². The molecule has 0 bridgehead atoms. The molecule has 0 radical (unpaired) electrons. The normalized spacial score (nSPS) is 12.0. The van der Waals surface area contributed by atoms with E-state index in [1.807, 2.05) is 39.3 Å². The molecule has 0 aliphatic rings. The number of guanidine groups is 1. The molecule has 1 rings (SSSR count). The maximum absolute atomic E-state index is 11.5. The van der Waals surface area contributed by atoms with Crippen molar-refractivity contribution >= 4 is 12.1 Å². The number of aliphatic imine (C=N–C) groups is 1. The zero-order valence-electron chi connectivity index (χ0n) is 15.4. The summed E-state index contributed by atoms with van der Waals surface area (Å²) in [6.45, 7) is 9.15. The lowest BCUT2D eigenvalue weighted by Gasteiger charge is -2.19. The van der Waals surface area contributed by atoms with Crippen molar-refractivity contribution in [2.75, 3.05) is 20.1 Å². The van der Waals surface area contributed by atoms with E-state index in [0.29, 0.717) is 25.6 Å². The Balaban J connectivity index is 2.21. The van der Waals surface area contributed by atoms with Crippen LogP contribution in [0.3, 0.4) is 0 Å². The third-order valence-electron chi connectivity index (χ3n) is 3.13. The first-order chi connectivity index (χ1) is 11.2. The Morgan fingerprint density at radius 2 is 1.88 bits per heavy atom. The summed E-state index contributed by atoms with van der Waals surface area (Å²) in [7, 11) is 3.63. The number of rotatable bonds is 6. The highest BCUT2D eigenvalue weighted by atomic mass is 16.6. The molecular formula is C15H29N7O2. The smallest absolute Gasteiger partial charge is 0.407 e. The highest BCUT2D eigenvalue weighted by Crippen LogP contribution is 2.06. The second-order valence-corrected chi connectivity index (χ2v) is 6.36. The summed E-state index contributed by atoms with van der Waals surface area (Å²) in [6, 6.07) is 0. The average Bonchev–Trinajstić information content (AvgIpc) is 2.80. The summed E-state index contributed by atoms with van der Waals surface area (Å²) in [5.41, 5.74) is -0.480. The fraction of sp³-hybridized carbons (Fsp3) is 0.733. The van der Waals surface area contributed by atoms with Gasteiger partial charge < -0.3 is 25.3 Å². The van der Waals surface area contributed by atoms with E-state index >= 15 is 0 Å². The summed E-state index contributed by atoms with van der Waals surface area (Å²) < 4.78 is 7.09. The molecule has 9 nitrogen and oxygen atoms in total. The topological polar surface area (TPSA) is 105 Å². The van der Waals surface area contributed by atoms with E-state index in [9.17, 15) is 4.79 Å². The number of hydrogen-bond acceptors (Lipinski definition) is 5. The van der Waals surface area contributed by atoms with Crippen LogP contribution in [0.2, 0.25) is 0 Å². The first-order valence-corrected chi connectivity index (χ1v) is 7.99. The summed E-state index contributed by atoms with van der Waals surface area (Å²) in [5.74, 6) is 2.37. The maximum Gasteiger partial charge on any atom is 0.407 e. The molecule has 0 unspecified atom stereocenters. The number of nitrogens with zero attached hydrogens (tertiary/aromatic N) is 4. The van der Waals surface area contributed by atoms with Crippen LogP contribution in [0.4, 0.5) is 4.79 Å². The molecule has 0 saturated heterocycles. The molecule has 1 aromatic heterocycles. The number of hydrogen-bond donors (Lipinski definition) is 3. The molecule has 0 saturated carbocycles. The van der Waals surface area contributed by atoms with Gasteiger partial charge in [-0.05, 0) is 34.1 Å². The second kappa shape index (κ2) is 9.09. The number of aryl methyl sites for hydroxylation is 1. The van der Waals surface area contributed by atoms with Gasteiger partial charge in [-0.25, -0.2) is 4.79 Å². The van der Waals surface area contributed by atoms with Crippen LogP contribution in [0.5, 0.6) is 0 Å². The van der Waals surface area contributed by atoms with E-state index in [2.05, 4.69) is 31.1 Å². The highest BCUT2D eigenvalue weighted by molar-refractivity contribution is 5.79. The van der Waals surface area contributed by atoms with E-state index in [4.69, 9.17) is 4.74 Å². The van der Waals surface area contributed by atoms with Gasteiger partial charge in [0.25, 0.3) is 0 Å². The molecule has 1 amide bonds. The Hall–Kier alpha value is -2.32. The van der Waals surface area contributed by atoms with Crippen LogP contribution in [0.25, 0.3) is 0 Å². The van der Waals surface area contributed by atoms with Crippen molar-refractivity contribution in [3.8, 4) is 0 Å².